The van der Waals surface area contributed by atoms with Crippen molar-refractivity contribution in [2.75, 3.05) is 26.9 Å². The Morgan fingerprint density at radius 2 is 0.899 bits per heavy atom. The maximum atomic E-state index is 14.0. The Balaban J connectivity index is 0.000000255. The molecule has 0 saturated carbocycles. The number of methoxy groups -OCH3 is 1. The molecule has 2 aromatic heterocycles. The number of ether oxygens (including phenoxy) is 6. The van der Waals surface area contributed by atoms with Crippen LogP contribution in [0.2, 0.25) is 44.3 Å². The predicted molar refractivity (Wildman–Crippen MR) is 345 cm³/mol. The monoisotopic (exact) mass is 1310 g/mol. The third-order valence-corrected chi connectivity index (χ3v) is 38.3. The summed E-state index contributed by atoms with van der Waals surface area (Å²) in [6.45, 7) is 37.2. The maximum Gasteiger partial charge on any atom is 0.335 e. The first kappa shape index (κ1) is 72.1. The molecule has 496 valence electrons. The quantitative estimate of drug-likeness (QED) is 0.0603. The van der Waals surface area contributed by atoms with Crippen molar-refractivity contribution in [2.45, 2.75) is 245 Å². The van der Waals surface area contributed by atoms with Crippen molar-refractivity contribution >= 4 is 40.2 Å². The minimum atomic E-state index is -3.10. The van der Waals surface area contributed by atoms with Crippen molar-refractivity contribution in [3.8, 4) is 0 Å². The molecule has 1 N–H and O–H groups in total. The van der Waals surface area contributed by atoms with Gasteiger partial charge in [0.1, 0.15) is 56.7 Å². The van der Waals surface area contributed by atoms with E-state index in [2.05, 4.69) is 111 Å². The number of aliphatic hydroxyl groups is 1. The standard InChI is InChI=1S/C33H52N2O10Si2.C30H48N2O8Si2/c1-21(2)46(22(3)4)42-18-27-29(44-47(45-46,23(5)6)24(7)8)30(41-19-28(36)39-10)32(43-27)34-16-25(9)31(37)35(33(34)38)20-40-17-26-14-12-11-13-15-26;1-19(2)41(20(3)4)37-17-25-27(39-42(40-41,21(5)6)22(7)8)26(33)29(38-25)31-15-23(9)28(34)32(30(31)35)18-36-16-24-13-11-10-12-14-24/h11-16,21-24,27,29-30,32H,17-20H2,1-10H3;10-15,19-22,25-27,29,33H,16-18H2,1-9H3/t27-,29-,30-,32-;25-,26-,27-,29-/m11/s1. The van der Waals surface area contributed by atoms with Crippen LogP contribution in [0.1, 0.15) is 145 Å². The van der Waals surface area contributed by atoms with Crippen LogP contribution in [0.15, 0.2) is 92.2 Å². The Kier molecular flexibility index (Phi) is 24.4. The fourth-order valence-corrected chi connectivity index (χ4v) is 35.3. The zero-order valence-electron chi connectivity index (χ0n) is 55.8. The summed E-state index contributed by atoms with van der Waals surface area (Å²) in [7, 11) is -10.5. The van der Waals surface area contributed by atoms with E-state index in [1.165, 1.54) is 28.6 Å². The van der Waals surface area contributed by atoms with E-state index >= 15 is 0 Å². The Morgan fingerprint density at radius 3 is 1.28 bits per heavy atom. The number of hydrogen-bond acceptors (Lipinski definition) is 18. The number of fused-ring (bicyclic) bond motifs is 2. The van der Waals surface area contributed by atoms with Crippen molar-refractivity contribution in [3.63, 3.8) is 0 Å². The Hall–Kier alpha value is -4.34. The second kappa shape index (κ2) is 30.2. The second-order valence-corrected chi connectivity index (χ2v) is 44.2. The summed E-state index contributed by atoms with van der Waals surface area (Å²) < 4.78 is 82.7. The number of carbonyl (C=O) groups is 1. The van der Waals surface area contributed by atoms with Crippen molar-refractivity contribution in [3.05, 3.63) is 137 Å². The second-order valence-electron chi connectivity index (χ2n) is 26.5. The number of esters is 1. The van der Waals surface area contributed by atoms with Gasteiger partial charge in [-0.15, -0.1) is 0 Å². The van der Waals surface area contributed by atoms with Gasteiger partial charge in [-0.05, 0) is 69.3 Å². The Morgan fingerprint density at radius 1 is 0.539 bits per heavy atom. The van der Waals surface area contributed by atoms with Gasteiger partial charge in [0.05, 0.1) is 33.5 Å². The van der Waals surface area contributed by atoms with E-state index in [9.17, 15) is 29.1 Å². The molecule has 8 rings (SSSR count). The molecule has 89 heavy (non-hydrogen) atoms. The van der Waals surface area contributed by atoms with Crippen LogP contribution < -0.4 is 22.5 Å². The van der Waals surface area contributed by atoms with Crippen molar-refractivity contribution in [1.82, 2.24) is 18.3 Å². The van der Waals surface area contributed by atoms with Crippen LogP contribution >= 0.6 is 0 Å². The van der Waals surface area contributed by atoms with Crippen LogP contribution in [0.3, 0.4) is 0 Å². The normalized spacial score (nSPS) is 24.8. The summed E-state index contributed by atoms with van der Waals surface area (Å²) in [5.41, 5.74) is 1.07. The molecular weight excluding hydrogens is 1210 g/mol. The van der Waals surface area contributed by atoms with Gasteiger partial charge in [-0.3, -0.25) is 18.7 Å². The van der Waals surface area contributed by atoms with Crippen LogP contribution in [-0.2, 0) is 85.8 Å². The molecule has 0 bridgehead atoms. The molecule has 6 heterocycles. The Bertz CT molecular complexity index is 3190. The number of aliphatic hydroxyl groups excluding tert-OH is 1. The van der Waals surface area contributed by atoms with Crippen LogP contribution in [0.25, 0.3) is 0 Å². The van der Waals surface area contributed by atoms with Gasteiger partial charge in [-0.1, -0.05) is 171 Å². The lowest BCUT2D eigenvalue weighted by atomic mass is 10.1. The topological polar surface area (TPSA) is 236 Å². The number of benzene rings is 2. The molecule has 4 aromatic rings. The first-order valence-electron chi connectivity index (χ1n) is 31.5. The molecule has 0 unspecified atom stereocenters. The average Bonchev–Trinajstić information content (AvgIpc) is 1.85. The van der Waals surface area contributed by atoms with Gasteiger partial charge in [-0.2, -0.15) is 0 Å². The third kappa shape index (κ3) is 15.0. The summed E-state index contributed by atoms with van der Waals surface area (Å²) in [6.07, 6.45) is -4.12. The highest BCUT2D eigenvalue weighted by Crippen LogP contribution is 2.51. The van der Waals surface area contributed by atoms with Gasteiger partial charge < -0.3 is 59.5 Å². The summed E-state index contributed by atoms with van der Waals surface area (Å²) in [6, 6.07) is 19.0. The van der Waals surface area contributed by atoms with E-state index in [1.54, 1.807) is 13.8 Å². The van der Waals surface area contributed by atoms with Crippen LogP contribution in [0, 0.1) is 13.8 Å². The van der Waals surface area contributed by atoms with Crippen LogP contribution in [0.5, 0.6) is 0 Å². The summed E-state index contributed by atoms with van der Waals surface area (Å²) >= 11 is 0. The molecule has 8 atom stereocenters. The van der Waals surface area contributed by atoms with Crippen molar-refractivity contribution < 1.29 is 64.3 Å². The minimum Gasteiger partial charge on any atom is -0.467 e. The highest BCUT2D eigenvalue weighted by atomic mass is 28.5. The van der Waals surface area contributed by atoms with Crippen molar-refractivity contribution in [2.24, 2.45) is 0 Å². The number of aromatic nitrogens is 4. The fraction of sp³-hybridized carbons (Fsp3) is 0.667. The zero-order chi connectivity index (χ0) is 65.7. The summed E-state index contributed by atoms with van der Waals surface area (Å²) in [5, 5.41) is 11.7. The highest BCUT2D eigenvalue weighted by Gasteiger charge is 2.64. The minimum absolute atomic E-state index is 0.0307. The van der Waals surface area contributed by atoms with Crippen molar-refractivity contribution in [1.29, 1.82) is 0 Å². The van der Waals surface area contributed by atoms with E-state index in [0.29, 0.717) is 11.1 Å². The van der Waals surface area contributed by atoms with Gasteiger partial charge in [0.25, 0.3) is 11.1 Å². The third-order valence-electron chi connectivity index (χ3n) is 17.8. The lowest BCUT2D eigenvalue weighted by Gasteiger charge is -2.51. The van der Waals surface area contributed by atoms with Gasteiger partial charge >= 0.3 is 51.6 Å². The van der Waals surface area contributed by atoms with Gasteiger partial charge in [-0.25, -0.2) is 23.5 Å². The molecule has 0 spiro atoms. The van der Waals surface area contributed by atoms with E-state index in [-0.39, 0.29) is 84.2 Å². The van der Waals surface area contributed by atoms with E-state index < -0.39 is 118 Å². The average molecular weight is 1310 g/mol. The molecule has 22 nitrogen and oxygen atoms in total. The van der Waals surface area contributed by atoms with Crippen LogP contribution in [0.4, 0.5) is 0 Å². The zero-order valence-corrected chi connectivity index (χ0v) is 59.8. The summed E-state index contributed by atoms with van der Waals surface area (Å²) in [5.74, 6) is -0.587. The fourth-order valence-electron chi connectivity index (χ4n) is 12.9. The molecule has 0 aliphatic carbocycles. The number of carbonyl (C=O) groups excluding carboxylic acids is 1. The molecule has 4 saturated heterocycles. The highest BCUT2D eigenvalue weighted by molar-refractivity contribution is 6.84. The summed E-state index contributed by atoms with van der Waals surface area (Å²) in [4.78, 5) is 66.2. The van der Waals surface area contributed by atoms with Gasteiger partial charge in [0.2, 0.25) is 0 Å². The SMILES string of the molecule is COC(=O)CO[C@@H]1[C@@H]2O[Si](C(C)C)(C(C)C)O[Si](C(C)C)(C(C)C)OC[C@H]2O[C@H]1n1cc(C)c(=O)n(COCc2ccccc2)c1=O.Cc1cn([C@@H]2O[C@@H]3CO[Si](C(C)C)(C(C)C)O[Si](C(C)C)(C(C)C)O[C@H]3[C@H]2O)c(=O)n(COCc2ccccc2)c1=O. The molecule has 4 fully saturated rings. The molecule has 2 aromatic carbocycles. The lowest BCUT2D eigenvalue weighted by molar-refractivity contribution is -0.152. The van der Waals surface area contributed by atoms with E-state index in [4.69, 9.17) is 54.4 Å². The molecule has 4 aliphatic rings. The van der Waals surface area contributed by atoms with Gasteiger partial charge in [0.15, 0.2) is 12.5 Å². The number of nitrogens with zero attached hydrogens (tertiary/aromatic N) is 4. The lowest BCUT2D eigenvalue weighted by Crippen LogP contribution is -2.66. The van der Waals surface area contributed by atoms with E-state index in [0.717, 1.165) is 20.3 Å². The largest absolute Gasteiger partial charge is 0.467 e. The molecule has 4 aliphatic heterocycles. The number of hydrogen-bond donors (Lipinski definition) is 1. The molecule has 0 amide bonds. The predicted octanol–water partition coefficient (Wildman–Crippen LogP) is 9.61. The van der Waals surface area contributed by atoms with E-state index in [1.807, 2.05) is 60.7 Å². The number of aryl methyl sites for hydroxylation is 2. The first-order valence-corrected chi connectivity index (χ1v) is 39.4. The molecular formula is C63H100N4O18Si4. The van der Waals surface area contributed by atoms with Gasteiger partial charge in [0, 0.05) is 23.5 Å². The van der Waals surface area contributed by atoms with Crippen LogP contribution in [-0.4, -0.2) is 127 Å². The maximum absolute atomic E-state index is 14.0. The Labute approximate surface area is 528 Å². The molecule has 0 radical (unpaired) electrons. The molecule has 26 heteroatoms. The smallest absolute Gasteiger partial charge is 0.335 e. The number of rotatable bonds is 21. The first-order chi connectivity index (χ1) is 41.9.